The monoisotopic (exact) mass is 498 g/mol. The molecule has 34 heavy (non-hydrogen) atoms. The summed E-state index contributed by atoms with van der Waals surface area (Å²) in [7, 11) is 3.26. The number of carbonyl (C=O) groups is 1. The van der Waals surface area contributed by atoms with Crippen molar-refractivity contribution in [3.8, 4) is 11.5 Å². The van der Waals surface area contributed by atoms with Gasteiger partial charge in [-0.3, -0.25) is 10.6 Å². The minimum atomic E-state index is -0.744. The fourth-order valence-electron chi connectivity index (χ4n) is 4.70. The van der Waals surface area contributed by atoms with Crippen molar-refractivity contribution in [1.29, 1.82) is 0 Å². The SMILES string of the molecule is COc1ccc(C2(CC(C)C=O)NC(c3ccc(Cl)cc3)C(c3ccc(Cl)cc3)N2)c(OC)c1. The lowest BCUT2D eigenvalue weighted by Gasteiger charge is -2.34. The van der Waals surface area contributed by atoms with Crippen LogP contribution in [-0.2, 0) is 10.5 Å². The highest BCUT2D eigenvalue weighted by Gasteiger charge is 2.48. The maximum absolute atomic E-state index is 11.8. The molecule has 3 aromatic carbocycles. The Hall–Kier alpha value is -2.57. The second-order valence-electron chi connectivity index (χ2n) is 8.64. The summed E-state index contributed by atoms with van der Waals surface area (Å²) in [6.45, 7) is 1.92. The van der Waals surface area contributed by atoms with Crippen LogP contribution >= 0.6 is 23.2 Å². The van der Waals surface area contributed by atoms with Crippen molar-refractivity contribution < 1.29 is 14.3 Å². The number of rotatable bonds is 8. The molecule has 0 saturated carbocycles. The number of halogens is 2. The van der Waals surface area contributed by atoms with Crippen LogP contribution in [0.3, 0.4) is 0 Å². The van der Waals surface area contributed by atoms with Gasteiger partial charge in [0.15, 0.2) is 0 Å². The Kier molecular flexibility index (Phi) is 7.48. The first-order valence-electron chi connectivity index (χ1n) is 11.1. The van der Waals surface area contributed by atoms with E-state index in [2.05, 4.69) is 10.6 Å². The Bertz CT molecular complexity index is 1080. The van der Waals surface area contributed by atoms with Crippen LogP contribution in [0.2, 0.25) is 10.0 Å². The molecule has 1 aliphatic heterocycles. The van der Waals surface area contributed by atoms with E-state index in [9.17, 15) is 4.79 Å². The van der Waals surface area contributed by atoms with E-state index in [4.69, 9.17) is 32.7 Å². The van der Waals surface area contributed by atoms with Crippen LogP contribution in [0, 0.1) is 5.92 Å². The molecule has 7 heteroatoms. The summed E-state index contributed by atoms with van der Waals surface area (Å²) in [5.74, 6) is 1.16. The largest absolute Gasteiger partial charge is 0.497 e. The molecule has 2 N–H and O–H groups in total. The van der Waals surface area contributed by atoms with Gasteiger partial charge in [0.1, 0.15) is 23.4 Å². The Labute approximate surface area is 210 Å². The van der Waals surface area contributed by atoms with Crippen LogP contribution < -0.4 is 20.1 Å². The second kappa shape index (κ2) is 10.4. The number of hydrogen-bond donors (Lipinski definition) is 2. The van der Waals surface area contributed by atoms with Crippen LogP contribution in [0.25, 0.3) is 0 Å². The highest BCUT2D eigenvalue weighted by Crippen LogP contribution is 2.46. The third-order valence-electron chi connectivity index (χ3n) is 6.32. The number of aldehydes is 1. The van der Waals surface area contributed by atoms with Gasteiger partial charge in [0, 0.05) is 27.6 Å². The van der Waals surface area contributed by atoms with E-state index in [1.54, 1.807) is 14.2 Å². The lowest BCUT2D eigenvalue weighted by atomic mass is 9.89. The minimum absolute atomic E-state index is 0.107. The predicted molar refractivity (Wildman–Crippen MR) is 136 cm³/mol. The van der Waals surface area contributed by atoms with Crippen molar-refractivity contribution in [2.24, 2.45) is 5.92 Å². The molecule has 5 nitrogen and oxygen atoms in total. The van der Waals surface area contributed by atoms with Gasteiger partial charge >= 0.3 is 0 Å². The van der Waals surface area contributed by atoms with Crippen LogP contribution in [0.4, 0.5) is 0 Å². The molecule has 0 amide bonds. The maximum atomic E-state index is 11.8. The van der Waals surface area contributed by atoms with E-state index in [-0.39, 0.29) is 18.0 Å². The summed E-state index contributed by atoms with van der Waals surface area (Å²) in [5, 5.41) is 9.01. The van der Waals surface area contributed by atoms with Gasteiger partial charge in [-0.25, -0.2) is 0 Å². The molecule has 0 spiro atoms. The van der Waals surface area contributed by atoms with Gasteiger partial charge in [-0.05, 0) is 53.9 Å². The van der Waals surface area contributed by atoms with Gasteiger partial charge in [-0.15, -0.1) is 0 Å². The van der Waals surface area contributed by atoms with Gasteiger partial charge in [-0.1, -0.05) is 54.4 Å². The number of benzene rings is 3. The average molecular weight is 499 g/mol. The zero-order chi connectivity index (χ0) is 24.3. The molecule has 178 valence electrons. The van der Waals surface area contributed by atoms with Crippen molar-refractivity contribution in [2.45, 2.75) is 31.1 Å². The van der Waals surface area contributed by atoms with Crippen molar-refractivity contribution in [3.05, 3.63) is 93.5 Å². The fourth-order valence-corrected chi connectivity index (χ4v) is 4.95. The van der Waals surface area contributed by atoms with E-state index in [1.165, 1.54) is 0 Å². The first-order chi connectivity index (χ1) is 16.4. The molecule has 1 saturated heterocycles. The molecule has 4 rings (SSSR count). The zero-order valence-electron chi connectivity index (χ0n) is 19.3. The van der Waals surface area contributed by atoms with E-state index in [1.807, 2.05) is 73.7 Å². The van der Waals surface area contributed by atoms with E-state index in [0.717, 1.165) is 23.0 Å². The van der Waals surface area contributed by atoms with Crippen LogP contribution in [0.15, 0.2) is 66.7 Å². The summed E-state index contributed by atoms with van der Waals surface area (Å²) in [5.41, 5.74) is 2.31. The molecule has 1 fully saturated rings. The van der Waals surface area contributed by atoms with Gasteiger partial charge in [0.05, 0.1) is 26.3 Å². The Morgan fingerprint density at radius 3 is 1.85 bits per heavy atom. The van der Waals surface area contributed by atoms with Gasteiger partial charge in [-0.2, -0.15) is 0 Å². The number of methoxy groups -OCH3 is 2. The highest BCUT2D eigenvalue weighted by molar-refractivity contribution is 6.30. The molecule has 1 heterocycles. The molecule has 3 atom stereocenters. The van der Waals surface area contributed by atoms with E-state index >= 15 is 0 Å². The van der Waals surface area contributed by atoms with Crippen LogP contribution in [-0.4, -0.2) is 20.5 Å². The molecular formula is C27H28Cl2N2O3. The summed E-state index contributed by atoms with van der Waals surface area (Å²) >= 11 is 12.4. The third kappa shape index (κ3) is 4.93. The van der Waals surface area contributed by atoms with Crippen LogP contribution in [0.1, 0.15) is 42.1 Å². The third-order valence-corrected chi connectivity index (χ3v) is 6.83. The quantitative estimate of drug-likeness (QED) is 0.369. The van der Waals surface area contributed by atoms with Crippen molar-refractivity contribution in [3.63, 3.8) is 0 Å². The number of hydrogen-bond acceptors (Lipinski definition) is 5. The smallest absolute Gasteiger partial charge is 0.128 e. The standard InChI is InChI=1S/C27H28Cl2N2O3/c1-17(16-32)15-27(23-13-12-22(33-2)14-24(23)34-3)30-25(18-4-8-20(28)9-5-18)26(31-27)19-6-10-21(29)11-7-19/h4-14,16-17,25-26,30-31H,15H2,1-3H3. The molecule has 0 aromatic heterocycles. The van der Waals surface area contributed by atoms with Crippen molar-refractivity contribution in [2.75, 3.05) is 14.2 Å². The van der Waals surface area contributed by atoms with Crippen molar-refractivity contribution >= 4 is 29.5 Å². The lowest BCUT2D eigenvalue weighted by Crippen LogP contribution is -2.48. The number of ether oxygens (including phenoxy) is 2. The molecule has 0 aliphatic carbocycles. The first kappa shape index (κ1) is 24.6. The Morgan fingerprint density at radius 1 is 0.882 bits per heavy atom. The number of carbonyl (C=O) groups excluding carboxylic acids is 1. The molecule has 1 aliphatic rings. The molecule has 0 radical (unpaired) electrons. The highest BCUT2D eigenvalue weighted by atomic mass is 35.5. The van der Waals surface area contributed by atoms with E-state index in [0.29, 0.717) is 28.0 Å². The summed E-state index contributed by atoms with van der Waals surface area (Å²) in [4.78, 5) is 11.8. The maximum Gasteiger partial charge on any atom is 0.128 e. The van der Waals surface area contributed by atoms with Crippen molar-refractivity contribution in [1.82, 2.24) is 10.6 Å². The predicted octanol–water partition coefficient (Wildman–Crippen LogP) is 6.06. The lowest BCUT2D eigenvalue weighted by molar-refractivity contribution is -0.111. The summed E-state index contributed by atoms with van der Waals surface area (Å²) < 4.78 is 11.2. The molecular weight excluding hydrogens is 471 g/mol. The minimum Gasteiger partial charge on any atom is -0.497 e. The first-order valence-corrected chi connectivity index (χ1v) is 11.9. The molecule has 0 bridgehead atoms. The fraction of sp³-hybridized carbons (Fsp3) is 0.296. The van der Waals surface area contributed by atoms with E-state index < -0.39 is 5.66 Å². The normalized spacial score (nSPS) is 22.9. The molecule has 3 unspecified atom stereocenters. The van der Waals surface area contributed by atoms with Crippen LogP contribution in [0.5, 0.6) is 11.5 Å². The second-order valence-corrected chi connectivity index (χ2v) is 9.51. The molecule has 3 aromatic rings. The zero-order valence-corrected chi connectivity index (χ0v) is 20.9. The van der Waals surface area contributed by atoms with Gasteiger partial charge < -0.3 is 14.3 Å². The Balaban J connectivity index is 1.87. The Morgan fingerprint density at radius 2 is 1.41 bits per heavy atom. The number of nitrogens with one attached hydrogen (secondary N) is 2. The summed E-state index contributed by atoms with van der Waals surface area (Å²) in [6.07, 6.45) is 1.50. The van der Waals surface area contributed by atoms with Gasteiger partial charge in [0.25, 0.3) is 0 Å². The topological polar surface area (TPSA) is 59.6 Å². The van der Waals surface area contributed by atoms with Gasteiger partial charge in [0.2, 0.25) is 0 Å². The summed E-state index contributed by atoms with van der Waals surface area (Å²) in [6, 6.07) is 21.2. The average Bonchev–Trinajstić information content (AvgIpc) is 3.24.